The van der Waals surface area contributed by atoms with Crippen LogP contribution in [0.4, 0.5) is 0 Å². The molecule has 0 atom stereocenters. The molecule has 1 aliphatic heterocycles. The maximum atomic E-state index is 12.2. The van der Waals surface area contributed by atoms with E-state index in [1.54, 1.807) is 4.90 Å². The van der Waals surface area contributed by atoms with Crippen LogP contribution < -0.4 is 11.2 Å². The summed E-state index contributed by atoms with van der Waals surface area (Å²) in [6.07, 6.45) is 4.72. The molecule has 1 aromatic rings. The van der Waals surface area contributed by atoms with Crippen molar-refractivity contribution in [3.05, 3.63) is 34.2 Å². The van der Waals surface area contributed by atoms with Crippen LogP contribution in [0.15, 0.2) is 23.3 Å². The zero-order chi connectivity index (χ0) is 13.7. The molecule has 3 N–H and O–H groups in total. The molecule has 2 heterocycles. The van der Waals surface area contributed by atoms with Crippen LogP contribution >= 0.6 is 0 Å². The molecule has 0 spiro atoms. The number of carbonyl (C=O) groups is 1. The first kappa shape index (κ1) is 13.8. The van der Waals surface area contributed by atoms with E-state index in [9.17, 15) is 9.59 Å². The molecule has 1 fully saturated rings. The minimum atomic E-state index is -0.245. The van der Waals surface area contributed by atoms with Gasteiger partial charge in [0.05, 0.1) is 12.7 Å². The smallest absolute Gasteiger partial charge is 0.259 e. The molecular weight excluding hydrogens is 246 g/mol. The van der Waals surface area contributed by atoms with Gasteiger partial charge in [-0.2, -0.15) is 0 Å². The highest BCUT2D eigenvalue weighted by atomic mass is 16.5. The van der Waals surface area contributed by atoms with Gasteiger partial charge in [-0.05, 0) is 12.8 Å². The van der Waals surface area contributed by atoms with Gasteiger partial charge < -0.3 is 20.4 Å². The number of piperidine rings is 1. The Morgan fingerprint density at radius 2 is 2.21 bits per heavy atom. The number of aromatic amines is 1. The summed E-state index contributed by atoms with van der Waals surface area (Å²) in [6.45, 7) is 2.29. The van der Waals surface area contributed by atoms with Gasteiger partial charge in [-0.1, -0.05) is 0 Å². The lowest BCUT2D eigenvalue weighted by Crippen LogP contribution is -2.42. The lowest BCUT2D eigenvalue weighted by molar-refractivity contribution is 0.0121. The third kappa shape index (κ3) is 3.42. The molecule has 6 nitrogen and oxygen atoms in total. The van der Waals surface area contributed by atoms with Crippen molar-refractivity contribution in [2.45, 2.75) is 18.9 Å². The second-order valence-electron chi connectivity index (χ2n) is 4.57. The molecule has 0 aromatic carbocycles. The normalized spacial score (nSPS) is 16.6. The summed E-state index contributed by atoms with van der Waals surface area (Å²) in [5.41, 5.74) is 5.34. The first-order valence-corrected chi connectivity index (χ1v) is 6.50. The molecule has 1 saturated heterocycles. The van der Waals surface area contributed by atoms with Gasteiger partial charge in [0.1, 0.15) is 5.56 Å². The number of aromatic nitrogens is 1. The summed E-state index contributed by atoms with van der Waals surface area (Å²) >= 11 is 0. The number of pyridine rings is 1. The summed E-state index contributed by atoms with van der Waals surface area (Å²) in [7, 11) is 0. The molecule has 104 valence electrons. The number of H-pyrrole nitrogens is 1. The second kappa shape index (κ2) is 6.49. The van der Waals surface area contributed by atoms with Crippen molar-refractivity contribution >= 4 is 5.91 Å². The Balaban J connectivity index is 1.93. The lowest BCUT2D eigenvalue weighted by Gasteiger charge is -2.31. The number of nitrogens with one attached hydrogen (secondary N) is 1. The van der Waals surface area contributed by atoms with Gasteiger partial charge in [-0.15, -0.1) is 0 Å². The summed E-state index contributed by atoms with van der Waals surface area (Å²) in [5.74, 6) is -0.209. The van der Waals surface area contributed by atoms with E-state index in [0.29, 0.717) is 26.2 Å². The largest absolute Gasteiger partial charge is 0.377 e. The number of hydrogen-bond acceptors (Lipinski definition) is 4. The molecule has 19 heavy (non-hydrogen) atoms. The first-order valence-electron chi connectivity index (χ1n) is 6.50. The average molecular weight is 265 g/mol. The van der Waals surface area contributed by atoms with Crippen molar-refractivity contribution in [3.63, 3.8) is 0 Å². The molecule has 1 aromatic heterocycles. The number of hydrogen-bond donors (Lipinski definition) is 2. The topological polar surface area (TPSA) is 88.4 Å². The van der Waals surface area contributed by atoms with E-state index >= 15 is 0 Å². The maximum Gasteiger partial charge on any atom is 0.259 e. The Labute approximate surface area is 111 Å². The number of nitrogens with two attached hydrogens (primary N) is 1. The SMILES string of the molecule is NCCOC1CCN(C(=O)c2c[nH]ccc2=O)CC1. The summed E-state index contributed by atoms with van der Waals surface area (Å²) in [4.78, 5) is 28.3. The number of amides is 1. The van der Waals surface area contributed by atoms with Gasteiger partial charge in [-0.3, -0.25) is 9.59 Å². The Morgan fingerprint density at radius 1 is 1.47 bits per heavy atom. The fourth-order valence-electron chi connectivity index (χ4n) is 2.21. The summed E-state index contributed by atoms with van der Waals surface area (Å²) in [5, 5.41) is 0. The number of nitrogens with zero attached hydrogens (tertiary/aromatic N) is 1. The van der Waals surface area contributed by atoms with Crippen LogP contribution in [0.5, 0.6) is 0 Å². The van der Waals surface area contributed by atoms with Crippen LogP contribution in [0.3, 0.4) is 0 Å². The van der Waals surface area contributed by atoms with Crippen LogP contribution in [0.25, 0.3) is 0 Å². The van der Waals surface area contributed by atoms with E-state index in [-0.39, 0.29) is 23.0 Å². The van der Waals surface area contributed by atoms with Crippen LogP contribution in [-0.4, -0.2) is 48.1 Å². The fourth-order valence-corrected chi connectivity index (χ4v) is 2.21. The molecule has 6 heteroatoms. The first-order chi connectivity index (χ1) is 9.22. The van der Waals surface area contributed by atoms with Crippen molar-refractivity contribution in [1.82, 2.24) is 9.88 Å². The Kier molecular flexibility index (Phi) is 4.70. The molecule has 0 aliphatic carbocycles. The van der Waals surface area contributed by atoms with Crippen LogP contribution in [0, 0.1) is 0 Å². The molecule has 1 amide bonds. The highest BCUT2D eigenvalue weighted by Gasteiger charge is 2.24. The molecule has 0 radical (unpaired) electrons. The zero-order valence-electron chi connectivity index (χ0n) is 10.8. The predicted molar refractivity (Wildman–Crippen MR) is 71.0 cm³/mol. The highest BCUT2D eigenvalue weighted by Crippen LogP contribution is 2.15. The maximum absolute atomic E-state index is 12.2. The third-order valence-corrected chi connectivity index (χ3v) is 3.26. The number of carbonyl (C=O) groups excluding carboxylic acids is 1. The van der Waals surface area contributed by atoms with Crippen molar-refractivity contribution in [3.8, 4) is 0 Å². The number of rotatable bonds is 4. The van der Waals surface area contributed by atoms with E-state index in [1.807, 2.05) is 0 Å². The zero-order valence-corrected chi connectivity index (χ0v) is 10.8. The van der Waals surface area contributed by atoms with Crippen molar-refractivity contribution in [2.24, 2.45) is 5.73 Å². The molecule has 0 unspecified atom stereocenters. The van der Waals surface area contributed by atoms with Crippen molar-refractivity contribution in [1.29, 1.82) is 0 Å². The molecule has 1 aliphatic rings. The van der Waals surface area contributed by atoms with E-state index in [0.717, 1.165) is 12.8 Å². The number of likely N-dealkylation sites (tertiary alicyclic amines) is 1. The van der Waals surface area contributed by atoms with Crippen LogP contribution in [-0.2, 0) is 4.74 Å². The molecule has 0 bridgehead atoms. The minimum absolute atomic E-state index is 0.168. The van der Waals surface area contributed by atoms with Crippen LogP contribution in [0.1, 0.15) is 23.2 Å². The Bertz CT molecular complexity index is 478. The second-order valence-corrected chi connectivity index (χ2v) is 4.57. The van der Waals surface area contributed by atoms with Gasteiger partial charge in [0.15, 0.2) is 5.43 Å². The van der Waals surface area contributed by atoms with Gasteiger partial charge in [-0.25, -0.2) is 0 Å². The van der Waals surface area contributed by atoms with E-state index < -0.39 is 0 Å². The molecular formula is C13H19N3O3. The monoisotopic (exact) mass is 265 g/mol. The highest BCUT2D eigenvalue weighted by molar-refractivity contribution is 5.93. The Hall–Kier alpha value is -1.66. The lowest BCUT2D eigenvalue weighted by atomic mass is 10.1. The fraction of sp³-hybridized carbons (Fsp3) is 0.538. The van der Waals surface area contributed by atoms with Gasteiger partial charge in [0.2, 0.25) is 0 Å². The Morgan fingerprint density at radius 3 is 2.84 bits per heavy atom. The van der Waals surface area contributed by atoms with E-state index in [4.69, 9.17) is 10.5 Å². The number of ether oxygens (including phenoxy) is 1. The van der Waals surface area contributed by atoms with Gasteiger partial charge in [0, 0.05) is 38.1 Å². The van der Waals surface area contributed by atoms with Gasteiger partial charge in [0.25, 0.3) is 5.91 Å². The average Bonchev–Trinajstić information content (AvgIpc) is 2.45. The van der Waals surface area contributed by atoms with E-state index in [2.05, 4.69) is 4.98 Å². The quantitative estimate of drug-likeness (QED) is 0.799. The predicted octanol–water partition coefficient (Wildman–Crippen LogP) is -0.0452. The standard InChI is InChI=1S/C13H19N3O3/c14-4-8-19-10-2-6-16(7-3-10)13(18)11-9-15-5-1-12(11)17/h1,5,9-10H,2-4,6-8,14H2,(H,15,17). The van der Waals surface area contributed by atoms with Crippen LogP contribution in [0.2, 0.25) is 0 Å². The minimum Gasteiger partial charge on any atom is -0.377 e. The van der Waals surface area contributed by atoms with E-state index in [1.165, 1.54) is 18.5 Å². The molecule has 2 rings (SSSR count). The van der Waals surface area contributed by atoms with Gasteiger partial charge >= 0.3 is 0 Å². The summed E-state index contributed by atoms with van der Waals surface area (Å²) in [6, 6.07) is 1.37. The molecule has 0 saturated carbocycles. The van der Waals surface area contributed by atoms with Crippen molar-refractivity contribution in [2.75, 3.05) is 26.2 Å². The van der Waals surface area contributed by atoms with Crippen molar-refractivity contribution < 1.29 is 9.53 Å². The summed E-state index contributed by atoms with van der Waals surface area (Å²) < 4.78 is 5.56. The third-order valence-electron chi connectivity index (χ3n) is 3.26.